The Labute approximate surface area is 189 Å². The molecule has 7 heteroatoms. The number of thiazole rings is 1. The second-order valence-electron chi connectivity index (χ2n) is 7.80. The van der Waals surface area contributed by atoms with Crippen LogP contribution >= 0.6 is 11.3 Å². The zero-order chi connectivity index (χ0) is 22.7. The highest BCUT2D eigenvalue weighted by Crippen LogP contribution is 2.29. The van der Waals surface area contributed by atoms with Crippen LogP contribution in [0.2, 0.25) is 0 Å². The molecular formula is C25H23N3O3S. The fourth-order valence-corrected chi connectivity index (χ4v) is 4.23. The third-order valence-corrected chi connectivity index (χ3v) is 6.08. The molecule has 4 rings (SSSR count). The Hall–Kier alpha value is -3.71. The van der Waals surface area contributed by atoms with Crippen LogP contribution in [0.25, 0.3) is 21.3 Å². The molecule has 0 spiro atoms. The molecule has 0 aliphatic rings. The number of benzene rings is 3. The lowest BCUT2D eigenvalue weighted by atomic mass is 10.0. The molecule has 1 heterocycles. The molecule has 0 radical (unpaired) electrons. The molecule has 162 valence electrons. The van der Waals surface area contributed by atoms with Crippen molar-refractivity contribution in [3.05, 3.63) is 78.4 Å². The van der Waals surface area contributed by atoms with E-state index in [0.29, 0.717) is 5.56 Å². The predicted octanol–water partition coefficient (Wildman–Crippen LogP) is 5.55. The van der Waals surface area contributed by atoms with Gasteiger partial charge in [0, 0.05) is 11.3 Å². The molecule has 0 unspecified atom stereocenters. The topological polar surface area (TPSA) is 91.3 Å². The minimum absolute atomic E-state index is 0.203. The highest BCUT2D eigenvalue weighted by molar-refractivity contribution is 7.22. The Bertz CT molecular complexity index is 1210. The van der Waals surface area contributed by atoms with E-state index in [1.807, 2.05) is 54.6 Å². The molecule has 1 amide bonds. The molecule has 0 saturated carbocycles. The summed E-state index contributed by atoms with van der Waals surface area (Å²) in [7, 11) is 0. The van der Waals surface area contributed by atoms with Gasteiger partial charge < -0.3 is 15.7 Å². The van der Waals surface area contributed by atoms with Crippen molar-refractivity contribution in [3.8, 4) is 11.1 Å². The van der Waals surface area contributed by atoms with Gasteiger partial charge in [-0.3, -0.25) is 4.79 Å². The molecule has 3 aromatic carbocycles. The first-order valence-corrected chi connectivity index (χ1v) is 11.1. The molecule has 0 aliphatic carbocycles. The predicted molar refractivity (Wildman–Crippen MR) is 129 cm³/mol. The Morgan fingerprint density at radius 1 is 0.906 bits per heavy atom. The molecule has 0 bridgehead atoms. The van der Waals surface area contributed by atoms with Crippen LogP contribution < -0.4 is 10.6 Å². The van der Waals surface area contributed by atoms with Gasteiger partial charge in [0.25, 0.3) is 5.91 Å². The first kappa shape index (κ1) is 21.5. The van der Waals surface area contributed by atoms with Gasteiger partial charge in [0.05, 0.1) is 10.2 Å². The van der Waals surface area contributed by atoms with E-state index in [-0.39, 0.29) is 5.92 Å². The molecule has 32 heavy (non-hydrogen) atoms. The number of hydrogen-bond donors (Lipinski definition) is 3. The van der Waals surface area contributed by atoms with E-state index < -0.39 is 17.9 Å². The second kappa shape index (κ2) is 9.20. The van der Waals surface area contributed by atoms with Gasteiger partial charge in [-0.1, -0.05) is 61.6 Å². The lowest BCUT2D eigenvalue weighted by molar-refractivity contribution is -0.140. The van der Waals surface area contributed by atoms with Crippen molar-refractivity contribution in [3.63, 3.8) is 0 Å². The molecule has 0 fully saturated rings. The first-order valence-electron chi connectivity index (χ1n) is 10.3. The fraction of sp³-hybridized carbons (Fsp3) is 0.160. The second-order valence-corrected chi connectivity index (χ2v) is 8.83. The van der Waals surface area contributed by atoms with E-state index in [2.05, 4.69) is 21.7 Å². The molecular weight excluding hydrogens is 422 g/mol. The third-order valence-electron chi connectivity index (χ3n) is 5.13. The number of carbonyl (C=O) groups is 2. The maximum absolute atomic E-state index is 12.4. The van der Waals surface area contributed by atoms with Crippen molar-refractivity contribution in [2.75, 3.05) is 5.32 Å². The lowest BCUT2D eigenvalue weighted by Crippen LogP contribution is -2.44. The van der Waals surface area contributed by atoms with Crippen LogP contribution in [0.5, 0.6) is 0 Å². The van der Waals surface area contributed by atoms with E-state index in [9.17, 15) is 14.7 Å². The van der Waals surface area contributed by atoms with Gasteiger partial charge in [0.15, 0.2) is 5.13 Å². The number of carboxylic acids is 1. The number of nitrogens with one attached hydrogen (secondary N) is 2. The van der Waals surface area contributed by atoms with Crippen LogP contribution in [0, 0.1) is 5.92 Å². The van der Waals surface area contributed by atoms with Gasteiger partial charge in [-0.05, 0) is 53.4 Å². The van der Waals surface area contributed by atoms with Crippen LogP contribution in [0.15, 0.2) is 72.8 Å². The number of aliphatic carboxylic acids is 1. The zero-order valence-corrected chi connectivity index (χ0v) is 18.5. The number of carboxylic acid groups (broad SMARTS) is 1. The summed E-state index contributed by atoms with van der Waals surface area (Å²) in [6, 6.07) is 22.2. The van der Waals surface area contributed by atoms with Crippen LogP contribution in [0.4, 0.5) is 10.8 Å². The quantitative estimate of drug-likeness (QED) is 0.347. The summed E-state index contributed by atoms with van der Waals surface area (Å²) >= 11 is 1.61. The van der Waals surface area contributed by atoms with Gasteiger partial charge in [0.1, 0.15) is 6.04 Å². The molecule has 4 aromatic rings. The van der Waals surface area contributed by atoms with Crippen molar-refractivity contribution in [1.29, 1.82) is 0 Å². The van der Waals surface area contributed by atoms with Gasteiger partial charge in [-0.25, -0.2) is 9.78 Å². The van der Waals surface area contributed by atoms with Crippen molar-refractivity contribution in [2.24, 2.45) is 5.92 Å². The average molecular weight is 446 g/mol. The average Bonchev–Trinajstić information content (AvgIpc) is 3.20. The normalized spacial score (nSPS) is 12.0. The summed E-state index contributed by atoms with van der Waals surface area (Å²) in [5.41, 5.74) is 4.32. The zero-order valence-electron chi connectivity index (χ0n) is 17.7. The summed E-state index contributed by atoms with van der Waals surface area (Å²) in [5.74, 6) is -1.64. The van der Waals surface area contributed by atoms with Gasteiger partial charge in [-0.2, -0.15) is 0 Å². The number of nitrogens with zero attached hydrogens (tertiary/aromatic N) is 1. The Kier molecular flexibility index (Phi) is 6.18. The highest BCUT2D eigenvalue weighted by Gasteiger charge is 2.23. The number of para-hydroxylation sites is 1. The molecule has 1 aromatic heterocycles. The van der Waals surface area contributed by atoms with Crippen LogP contribution in [0.3, 0.4) is 0 Å². The standard InChI is InChI=1S/C25H23N3O3S/c1-15(2)22(24(30)31)28-23(29)18-9-7-16(8-10-18)17-11-13-19(14-12-17)26-25-27-20-5-3-4-6-21(20)32-25/h3-15,22H,1-2H3,(H,26,27)(H,28,29)(H,30,31)/t22-/m0/s1. The Morgan fingerprint density at radius 2 is 1.53 bits per heavy atom. The van der Waals surface area contributed by atoms with E-state index in [4.69, 9.17) is 0 Å². The monoisotopic (exact) mass is 445 g/mol. The number of carbonyl (C=O) groups excluding carboxylic acids is 1. The van der Waals surface area contributed by atoms with E-state index >= 15 is 0 Å². The summed E-state index contributed by atoms with van der Waals surface area (Å²) in [6.07, 6.45) is 0. The van der Waals surface area contributed by atoms with E-state index in [1.54, 1.807) is 37.3 Å². The summed E-state index contributed by atoms with van der Waals surface area (Å²) < 4.78 is 1.14. The van der Waals surface area contributed by atoms with Crippen molar-refractivity contribution < 1.29 is 14.7 Å². The number of hydrogen-bond acceptors (Lipinski definition) is 5. The van der Waals surface area contributed by atoms with E-state index in [1.165, 1.54) is 0 Å². The van der Waals surface area contributed by atoms with Crippen molar-refractivity contribution in [2.45, 2.75) is 19.9 Å². The molecule has 0 aliphatic heterocycles. The lowest BCUT2D eigenvalue weighted by Gasteiger charge is -2.18. The van der Waals surface area contributed by atoms with Crippen LogP contribution in [-0.2, 0) is 4.79 Å². The molecule has 1 atom stereocenters. The third kappa shape index (κ3) is 4.78. The van der Waals surface area contributed by atoms with E-state index in [0.717, 1.165) is 32.2 Å². The van der Waals surface area contributed by atoms with Gasteiger partial charge >= 0.3 is 5.97 Å². The number of aromatic nitrogens is 1. The minimum Gasteiger partial charge on any atom is -0.480 e. The minimum atomic E-state index is -1.04. The molecule has 0 saturated heterocycles. The van der Waals surface area contributed by atoms with Crippen LogP contribution in [0.1, 0.15) is 24.2 Å². The molecule has 6 nitrogen and oxygen atoms in total. The van der Waals surface area contributed by atoms with Crippen molar-refractivity contribution in [1.82, 2.24) is 10.3 Å². The van der Waals surface area contributed by atoms with Crippen LogP contribution in [-0.4, -0.2) is 28.0 Å². The Balaban J connectivity index is 1.43. The number of rotatable bonds is 7. The number of anilines is 2. The summed E-state index contributed by atoms with van der Waals surface area (Å²) in [4.78, 5) is 28.3. The smallest absolute Gasteiger partial charge is 0.326 e. The maximum Gasteiger partial charge on any atom is 0.326 e. The Morgan fingerprint density at radius 3 is 2.12 bits per heavy atom. The number of amides is 1. The maximum atomic E-state index is 12.4. The number of fused-ring (bicyclic) bond motifs is 1. The van der Waals surface area contributed by atoms with Crippen molar-refractivity contribution >= 4 is 44.2 Å². The highest BCUT2D eigenvalue weighted by atomic mass is 32.1. The SMILES string of the molecule is CC(C)[C@H](NC(=O)c1ccc(-c2ccc(Nc3nc4ccccc4s3)cc2)cc1)C(=O)O. The molecule has 3 N–H and O–H groups in total. The largest absolute Gasteiger partial charge is 0.480 e. The first-order chi connectivity index (χ1) is 15.4. The summed E-state index contributed by atoms with van der Waals surface area (Å²) in [5, 5.41) is 16.0. The fourth-order valence-electron chi connectivity index (χ4n) is 3.35. The van der Waals surface area contributed by atoms with Gasteiger partial charge in [-0.15, -0.1) is 0 Å². The summed E-state index contributed by atoms with van der Waals surface area (Å²) in [6.45, 7) is 3.52. The van der Waals surface area contributed by atoms with Gasteiger partial charge in [0.2, 0.25) is 0 Å².